The molecular weight excluding hydrogens is 460 g/mol. The van der Waals surface area contributed by atoms with Crippen LogP contribution >= 0.6 is 11.8 Å². The summed E-state index contributed by atoms with van der Waals surface area (Å²) in [7, 11) is 0. The van der Waals surface area contributed by atoms with Crippen molar-refractivity contribution in [1.82, 2.24) is 0 Å². The Morgan fingerprint density at radius 1 is 0.912 bits per heavy atom. The van der Waals surface area contributed by atoms with Crippen molar-refractivity contribution in [3.8, 4) is 0 Å². The molecule has 2 aliphatic carbocycles. The summed E-state index contributed by atoms with van der Waals surface area (Å²) >= 11 is 1.27. The minimum absolute atomic E-state index is 0.0253. The van der Waals surface area contributed by atoms with E-state index in [1.54, 1.807) is 20.8 Å². The first-order valence-corrected chi connectivity index (χ1v) is 12.1. The van der Waals surface area contributed by atoms with Crippen LogP contribution in [0.5, 0.6) is 0 Å². The van der Waals surface area contributed by atoms with Crippen molar-refractivity contribution in [2.24, 2.45) is 16.7 Å². The number of carbonyl (C=O) groups excluding carboxylic acids is 5. The number of rotatable bonds is 8. The van der Waals surface area contributed by atoms with Crippen LogP contribution in [0.15, 0.2) is 46.2 Å². The van der Waals surface area contributed by atoms with Crippen LogP contribution in [0.1, 0.15) is 40.0 Å². The van der Waals surface area contributed by atoms with Gasteiger partial charge in [-0.05, 0) is 56.7 Å². The largest absolute Gasteiger partial charge is 0.465 e. The van der Waals surface area contributed by atoms with E-state index < -0.39 is 46.2 Å². The molecule has 0 saturated heterocycles. The van der Waals surface area contributed by atoms with Crippen LogP contribution in [0.3, 0.4) is 0 Å². The Balaban J connectivity index is 2.22. The van der Waals surface area contributed by atoms with Gasteiger partial charge in [-0.2, -0.15) is 0 Å². The number of ether oxygens (including phenoxy) is 3. The molecule has 0 heterocycles. The van der Waals surface area contributed by atoms with E-state index in [1.165, 1.54) is 17.8 Å². The normalized spacial score (nSPS) is 23.4. The first-order chi connectivity index (χ1) is 16.3. The molecule has 182 valence electrons. The van der Waals surface area contributed by atoms with Crippen molar-refractivity contribution < 1.29 is 38.2 Å². The minimum Gasteiger partial charge on any atom is -0.465 e. The van der Waals surface area contributed by atoms with Crippen LogP contribution in [0.4, 0.5) is 0 Å². The molecule has 0 amide bonds. The number of hydrogen-bond acceptors (Lipinski definition) is 9. The van der Waals surface area contributed by atoms with E-state index >= 15 is 0 Å². The van der Waals surface area contributed by atoms with Crippen molar-refractivity contribution in [2.45, 2.75) is 44.9 Å². The molecule has 0 spiro atoms. The van der Waals surface area contributed by atoms with Gasteiger partial charge in [0, 0.05) is 17.2 Å². The quantitative estimate of drug-likeness (QED) is 0.309. The van der Waals surface area contributed by atoms with E-state index in [0.29, 0.717) is 4.91 Å². The number of benzene rings is 1. The topological polar surface area (TPSA) is 113 Å². The van der Waals surface area contributed by atoms with Gasteiger partial charge < -0.3 is 14.2 Å². The zero-order valence-electron chi connectivity index (χ0n) is 19.5. The maximum Gasteiger partial charge on any atom is 0.328 e. The second-order valence-corrected chi connectivity index (χ2v) is 9.21. The van der Waals surface area contributed by atoms with Crippen LogP contribution in [0.25, 0.3) is 0 Å². The van der Waals surface area contributed by atoms with Gasteiger partial charge in [0.25, 0.3) is 0 Å². The fourth-order valence-electron chi connectivity index (χ4n) is 4.81. The predicted molar refractivity (Wildman–Crippen MR) is 123 cm³/mol. The van der Waals surface area contributed by atoms with Gasteiger partial charge in [0.1, 0.15) is 0 Å². The van der Waals surface area contributed by atoms with Crippen LogP contribution in [-0.4, -0.2) is 49.3 Å². The minimum atomic E-state index is -2.31. The Kier molecular flexibility index (Phi) is 7.97. The number of carbonyl (C=O) groups is 5. The summed E-state index contributed by atoms with van der Waals surface area (Å²) in [4.78, 5) is 68.3. The van der Waals surface area contributed by atoms with Crippen LogP contribution < -0.4 is 0 Å². The first-order valence-electron chi connectivity index (χ1n) is 11.3. The number of thioether (sulfide) groups is 1. The Hall–Kier alpha value is -2.94. The summed E-state index contributed by atoms with van der Waals surface area (Å²) in [5, 5.41) is 0. The average molecular weight is 489 g/mol. The van der Waals surface area contributed by atoms with E-state index in [0.717, 1.165) is 4.90 Å². The zero-order valence-corrected chi connectivity index (χ0v) is 20.3. The Bertz CT molecular complexity index is 997. The standard InChI is InChI=1S/C25H28O8S/c1-4-31-21(28)24(22(29)32-5-2)13-12-19(26)25(23(30)33-6-3)18(24)14-17(15-20(25)27)34-16-10-8-7-9-11-16/h7-11,15,18H,4-6,12-14H2,1-3H3/t18-,25+/m0/s1. The lowest BCUT2D eigenvalue weighted by atomic mass is 9.49. The molecule has 1 aromatic carbocycles. The fraction of sp³-hybridized carbons (Fsp3) is 0.480. The number of ketones is 2. The van der Waals surface area contributed by atoms with Crippen molar-refractivity contribution in [3.05, 3.63) is 41.3 Å². The highest BCUT2D eigenvalue weighted by molar-refractivity contribution is 8.03. The molecule has 0 aliphatic heterocycles. The zero-order chi connectivity index (χ0) is 24.9. The number of esters is 3. The maximum absolute atomic E-state index is 13.6. The van der Waals surface area contributed by atoms with Crippen LogP contribution in [0, 0.1) is 16.7 Å². The fourth-order valence-corrected chi connectivity index (χ4v) is 5.82. The van der Waals surface area contributed by atoms with E-state index in [2.05, 4.69) is 0 Å². The van der Waals surface area contributed by atoms with Crippen molar-refractivity contribution in [1.29, 1.82) is 0 Å². The Labute approximate surface area is 202 Å². The van der Waals surface area contributed by atoms with Gasteiger partial charge in [-0.3, -0.25) is 24.0 Å². The van der Waals surface area contributed by atoms with Gasteiger partial charge in [-0.25, -0.2) is 0 Å². The van der Waals surface area contributed by atoms with Crippen LogP contribution in [0.2, 0.25) is 0 Å². The predicted octanol–water partition coefficient (Wildman–Crippen LogP) is 3.28. The molecule has 0 N–H and O–H groups in total. The van der Waals surface area contributed by atoms with E-state index in [-0.39, 0.29) is 39.1 Å². The van der Waals surface area contributed by atoms with Gasteiger partial charge in [0.2, 0.25) is 0 Å². The summed E-state index contributed by atoms with van der Waals surface area (Å²) in [6.45, 7) is 4.61. The third-order valence-corrected chi connectivity index (χ3v) is 7.31. The summed E-state index contributed by atoms with van der Waals surface area (Å²) < 4.78 is 15.7. The molecule has 0 aromatic heterocycles. The van der Waals surface area contributed by atoms with Crippen LogP contribution in [-0.2, 0) is 38.2 Å². The maximum atomic E-state index is 13.6. The third kappa shape index (κ3) is 4.17. The number of Topliss-reactive ketones (excluding diaryl/α,β-unsaturated/α-hetero) is 1. The summed E-state index contributed by atoms with van der Waals surface area (Å²) in [5.41, 5.74) is -4.31. The van der Waals surface area contributed by atoms with E-state index in [9.17, 15) is 24.0 Å². The van der Waals surface area contributed by atoms with Gasteiger partial charge in [-0.15, -0.1) is 0 Å². The molecule has 3 rings (SSSR count). The SMILES string of the molecule is CCOC(=O)C1(C(=O)OCC)CCC(=O)[C@@]2(C(=O)OCC)C(=O)C=C(Sc3ccccc3)C[C@@H]12. The second kappa shape index (κ2) is 10.5. The van der Waals surface area contributed by atoms with Crippen molar-refractivity contribution >= 4 is 41.2 Å². The number of allylic oxidation sites excluding steroid dienone is 2. The molecule has 9 heteroatoms. The van der Waals surface area contributed by atoms with Crippen molar-refractivity contribution in [2.75, 3.05) is 19.8 Å². The molecule has 2 atom stereocenters. The second-order valence-electron chi connectivity index (χ2n) is 8.01. The molecule has 0 radical (unpaired) electrons. The third-order valence-electron chi connectivity index (χ3n) is 6.26. The summed E-state index contributed by atoms with van der Waals surface area (Å²) in [5.74, 6) is -5.64. The van der Waals surface area contributed by atoms with Gasteiger partial charge >= 0.3 is 17.9 Å². The molecular formula is C25H28O8S. The highest BCUT2D eigenvalue weighted by Gasteiger charge is 2.73. The lowest BCUT2D eigenvalue weighted by Crippen LogP contribution is -2.66. The highest BCUT2D eigenvalue weighted by Crippen LogP contribution is 2.58. The monoisotopic (exact) mass is 488 g/mol. The van der Waals surface area contributed by atoms with Gasteiger partial charge in [0.05, 0.1) is 19.8 Å². The van der Waals surface area contributed by atoms with Crippen molar-refractivity contribution in [3.63, 3.8) is 0 Å². The molecule has 8 nitrogen and oxygen atoms in total. The molecule has 0 bridgehead atoms. The Morgan fingerprint density at radius 3 is 2.03 bits per heavy atom. The number of fused-ring (bicyclic) bond motifs is 1. The lowest BCUT2D eigenvalue weighted by molar-refractivity contribution is -0.192. The molecule has 0 unspecified atom stereocenters. The molecule has 34 heavy (non-hydrogen) atoms. The van der Waals surface area contributed by atoms with E-state index in [1.807, 2.05) is 30.3 Å². The number of hydrogen-bond donors (Lipinski definition) is 0. The van der Waals surface area contributed by atoms with Gasteiger partial charge in [0.15, 0.2) is 22.4 Å². The van der Waals surface area contributed by atoms with E-state index in [4.69, 9.17) is 14.2 Å². The summed E-state index contributed by atoms with van der Waals surface area (Å²) in [6.07, 6.45) is 0.655. The molecule has 1 saturated carbocycles. The first kappa shape index (κ1) is 25.7. The average Bonchev–Trinajstić information content (AvgIpc) is 2.80. The van der Waals surface area contributed by atoms with Gasteiger partial charge in [-0.1, -0.05) is 30.0 Å². The molecule has 1 fully saturated rings. The highest BCUT2D eigenvalue weighted by atomic mass is 32.2. The molecule has 2 aliphatic rings. The smallest absolute Gasteiger partial charge is 0.328 e. The Morgan fingerprint density at radius 2 is 1.47 bits per heavy atom. The summed E-state index contributed by atoms with van der Waals surface area (Å²) in [6, 6.07) is 9.21. The lowest BCUT2D eigenvalue weighted by Gasteiger charge is -2.49. The molecule has 1 aromatic rings.